The highest BCUT2D eigenvalue weighted by Gasteiger charge is 2.17. The summed E-state index contributed by atoms with van der Waals surface area (Å²) in [5, 5.41) is 0. The summed E-state index contributed by atoms with van der Waals surface area (Å²) in [7, 11) is 0. The molecule has 0 spiro atoms. The molecule has 0 atom stereocenters. The van der Waals surface area contributed by atoms with Crippen LogP contribution < -0.4 is 0 Å². The summed E-state index contributed by atoms with van der Waals surface area (Å²) >= 11 is 0. The van der Waals surface area contributed by atoms with Gasteiger partial charge >= 0.3 is 5.97 Å². The summed E-state index contributed by atoms with van der Waals surface area (Å²) in [6.45, 7) is 10.0. The molecule has 1 rings (SSSR count). The van der Waals surface area contributed by atoms with Crippen LogP contribution in [-0.2, 0) is 14.3 Å². The molecule has 1 aliphatic heterocycles. The molecule has 1 heterocycles. The maximum atomic E-state index is 12.4. The summed E-state index contributed by atoms with van der Waals surface area (Å²) < 4.78 is 4.91. The van der Waals surface area contributed by atoms with Crippen molar-refractivity contribution in [3.05, 3.63) is 34.9 Å². The molecular weight excluding hydrogens is 326 g/mol. The zero-order valence-corrected chi connectivity index (χ0v) is 17.0. The zero-order chi connectivity index (χ0) is 19.4. The number of rotatable bonds is 9. The molecule has 0 aromatic carbocycles. The van der Waals surface area contributed by atoms with E-state index in [9.17, 15) is 9.59 Å². The monoisotopic (exact) mass is 361 g/mol. The number of amides is 1. The molecule has 4 heteroatoms. The van der Waals surface area contributed by atoms with Crippen LogP contribution in [0.2, 0.25) is 0 Å². The van der Waals surface area contributed by atoms with E-state index in [2.05, 4.69) is 19.1 Å². The number of allylic oxidation sites excluding steroid dienone is 4. The molecular formula is C22H35NO3. The minimum absolute atomic E-state index is 0.200. The second-order valence-corrected chi connectivity index (χ2v) is 7.11. The summed E-state index contributed by atoms with van der Waals surface area (Å²) in [6, 6.07) is 0. The van der Waals surface area contributed by atoms with Gasteiger partial charge in [0, 0.05) is 24.7 Å². The molecule has 1 fully saturated rings. The molecule has 0 radical (unpaired) electrons. The van der Waals surface area contributed by atoms with Crippen LogP contribution in [0, 0.1) is 0 Å². The number of esters is 1. The Kier molecular flexibility index (Phi) is 10.7. The van der Waals surface area contributed by atoms with Gasteiger partial charge in [0.05, 0.1) is 6.61 Å². The van der Waals surface area contributed by atoms with Crippen LogP contribution in [0.15, 0.2) is 34.9 Å². The van der Waals surface area contributed by atoms with Gasteiger partial charge in [0.15, 0.2) is 0 Å². The van der Waals surface area contributed by atoms with Crippen molar-refractivity contribution in [2.75, 3.05) is 19.7 Å². The molecule has 1 saturated heterocycles. The number of hydrogen-bond donors (Lipinski definition) is 0. The van der Waals surface area contributed by atoms with E-state index in [0.29, 0.717) is 6.61 Å². The highest BCUT2D eigenvalue weighted by Crippen LogP contribution is 2.14. The number of nitrogens with zero attached hydrogens (tertiary/aromatic N) is 1. The van der Waals surface area contributed by atoms with Crippen molar-refractivity contribution in [2.45, 2.75) is 72.6 Å². The molecule has 0 saturated carbocycles. The van der Waals surface area contributed by atoms with Crippen LogP contribution in [0.1, 0.15) is 72.6 Å². The van der Waals surface area contributed by atoms with Gasteiger partial charge in [-0.2, -0.15) is 0 Å². The van der Waals surface area contributed by atoms with Gasteiger partial charge in [0.1, 0.15) is 0 Å². The Labute approximate surface area is 159 Å². The fraction of sp³-hybridized carbons (Fsp3) is 0.636. The minimum atomic E-state index is -0.260. The van der Waals surface area contributed by atoms with E-state index >= 15 is 0 Å². The second-order valence-electron chi connectivity index (χ2n) is 7.11. The molecule has 26 heavy (non-hydrogen) atoms. The van der Waals surface area contributed by atoms with Crippen molar-refractivity contribution in [3.8, 4) is 0 Å². The number of ether oxygens (including phenoxy) is 1. The third-order valence-corrected chi connectivity index (χ3v) is 4.65. The number of piperidine rings is 1. The molecule has 4 nitrogen and oxygen atoms in total. The fourth-order valence-electron chi connectivity index (χ4n) is 3.06. The van der Waals surface area contributed by atoms with Gasteiger partial charge in [-0.15, -0.1) is 0 Å². The number of carbonyl (C=O) groups excluding carboxylic acids is 2. The first-order valence-corrected chi connectivity index (χ1v) is 9.89. The van der Waals surface area contributed by atoms with Crippen molar-refractivity contribution in [3.63, 3.8) is 0 Å². The van der Waals surface area contributed by atoms with E-state index in [1.54, 1.807) is 6.08 Å². The van der Waals surface area contributed by atoms with E-state index in [4.69, 9.17) is 4.74 Å². The van der Waals surface area contributed by atoms with Crippen molar-refractivity contribution in [1.29, 1.82) is 0 Å². The largest absolute Gasteiger partial charge is 0.463 e. The maximum Gasteiger partial charge on any atom is 0.330 e. The van der Waals surface area contributed by atoms with Crippen molar-refractivity contribution < 1.29 is 14.3 Å². The predicted octanol–water partition coefficient (Wildman–Crippen LogP) is 4.96. The van der Waals surface area contributed by atoms with Crippen LogP contribution >= 0.6 is 0 Å². The van der Waals surface area contributed by atoms with E-state index < -0.39 is 0 Å². The van der Waals surface area contributed by atoms with Crippen LogP contribution in [0.5, 0.6) is 0 Å². The average Bonchev–Trinajstić information content (AvgIpc) is 2.61. The number of hydrogen-bond acceptors (Lipinski definition) is 3. The average molecular weight is 362 g/mol. The second kappa shape index (κ2) is 12.5. The molecule has 0 aromatic heterocycles. The SMILES string of the molecule is CCOC(=O)C=C(C)CCC=C(C)CCC=C(C)C(=O)N1CCCCC1. The van der Waals surface area contributed by atoms with E-state index in [-0.39, 0.29) is 11.9 Å². The predicted molar refractivity (Wildman–Crippen MR) is 107 cm³/mol. The normalized spacial score (nSPS) is 16.6. The lowest BCUT2D eigenvalue weighted by Crippen LogP contribution is -2.36. The Bertz CT molecular complexity index is 552. The topological polar surface area (TPSA) is 46.6 Å². The van der Waals surface area contributed by atoms with E-state index in [1.807, 2.05) is 25.7 Å². The Morgan fingerprint density at radius 1 is 0.923 bits per heavy atom. The zero-order valence-electron chi connectivity index (χ0n) is 17.0. The minimum Gasteiger partial charge on any atom is -0.463 e. The van der Waals surface area contributed by atoms with Gasteiger partial charge in [-0.05, 0) is 72.6 Å². The van der Waals surface area contributed by atoms with Crippen LogP contribution in [0.3, 0.4) is 0 Å². The summed E-state index contributed by atoms with van der Waals surface area (Å²) in [5.41, 5.74) is 3.23. The number of carbonyl (C=O) groups is 2. The van der Waals surface area contributed by atoms with E-state index in [1.165, 1.54) is 12.0 Å². The first-order valence-electron chi connectivity index (χ1n) is 9.89. The third kappa shape index (κ3) is 9.02. The quantitative estimate of drug-likeness (QED) is 0.331. The highest BCUT2D eigenvalue weighted by atomic mass is 16.5. The molecule has 0 N–H and O–H groups in total. The molecule has 0 unspecified atom stereocenters. The fourth-order valence-corrected chi connectivity index (χ4v) is 3.06. The summed E-state index contributed by atoms with van der Waals surface area (Å²) in [4.78, 5) is 25.7. The Morgan fingerprint density at radius 2 is 1.54 bits per heavy atom. The first-order chi connectivity index (χ1) is 12.4. The summed E-state index contributed by atoms with van der Waals surface area (Å²) in [5.74, 6) is -0.0595. The lowest BCUT2D eigenvalue weighted by atomic mass is 10.1. The van der Waals surface area contributed by atoms with Gasteiger partial charge in [0.2, 0.25) is 5.91 Å². The molecule has 1 amide bonds. The summed E-state index contributed by atoms with van der Waals surface area (Å²) in [6.07, 6.45) is 13.0. The van der Waals surface area contributed by atoms with Crippen LogP contribution in [-0.4, -0.2) is 36.5 Å². The standard InChI is InChI=1S/C22H35NO3/c1-5-26-21(24)17-19(3)13-9-11-18(2)12-10-14-20(4)22(25)23-15-7-6-8-16-23/h11,14,17H,5-10,12-13,15-16H2,1-4H3. The smallest absolute Gasteiger partial charge is 0.330 e. The van der Waals surface area contributed by atoms with Gasteiger partial charge in [0.25, 0.3) is 0 Å². The Morgan fingerprint density at radius 3 is 2.19 bits per heavy atom. The van der Waals surface area contributed by atoms with Gasteiger partial charge in [-0.25, -0.2) is 4.79 Å². The highest BCUT2D eigenvalue weighted by molar-refractivity contribution is 5.92. The van der Waals surface area contributed by atoms with Crippen LogP contribution in [0.25, 0.3) is 0 Å². The van der Waals surface area contributed by atoms with Gasteiger partial charge < -0.3 is 9.64 Å². The molecule has 0 aromatic rings. The Balaban J connectivity index is 2.33. The van der Waals surface area contributed by atoms with Gasteiger partial charge in [-0.1, -0.05) is 23.3 Å². The van der Waals surface area contributed by atoms with Crippen molar-refractivity contribution >= 4 is 11.9 Å². The van der Waals surface area contributed by atoms with Crippen molar-refractivity contribution in [2.24, 2.45) is 0 Å². The first kappa shape index (κ1) is 22.2. The third-order valence-electron chi connectivity index (χ3n) is 4.65. The molecule has 146 valence electrons. The van der Waals surface area contributed by atoms with Crippen molar-refractivity contribution in [1.82, 2.24) is 4.90 Å². The molecule has 1 aliphatic rings. The van der Waals surface area contributed by atoms with Gasteiger partial charge in [-0.3, -0.25) is 4.79 Å². The maximum absolute atomic E-state index is 12.4. The van der Waals surface area contributed by atoms with Crippen LogP contribution in [0.4, 0.5) is 0 Å². The van der Waals surface area contributed by atoms with E-state index in [0.717, 1.165) is 62.8 Å². The Hall–Kier alpha value is -1.84. The molecule has 0 aliphatic carbocycles. The number of likely N-dealkylation sites (tertiary alicyclic amines) is 1. The lowest BCUT2D eigenvalue weighted by molar-refractivity contribution is -0.137. The molecule has 0 bridgehead atoms. The lowest BCUT2D eigenvalue weighted by Gasteiger charge is -2.27.